The van der Waals surface area contributed by atoms with E-state index in [2.05, 4.69) is 10.6 Å². The average Bonchev–Trinajstić information content (AvgIpc) is 2.40. The molecule has 0 radical (unpaired) electrons. The van der Waals surface area contributed by atoms with Crippen molar-refractivity contribution >= 4 is 23.4 Å². The SMILES string of the molecule is O=C(CNC1CCSCC1)Nc1ccccc1F. The van der Waals surface area contributed by atoms with Crippen LogP contribution in [-0.4, -0.2) is 30.0 Å². The maximum absolute atomic E-state index is 13.3. The van der Waals surface area contributed by atoms with E-state index in [4.69, 9.17) is 0 Å². The number of nitrogens with one attached hydrogen (secondary N) is 2. The molecule has 2 N–H and O–H groups in total. The molecule has 0 aliphatic carbocycles. The summed E-state index contributed by atoms with van der Waals surface area (Å²) in [5, 5.41) is 5.78. The zero-order chi connectivity index (χ0) is 12.8. The fraction of sp³-hybridized carbons (Fsp3) is 0.462. The zero-order valence-electron chi connectivity index (χ0n) is 10.1. The van der Waals surface area contributed by atoms with Gasteiger partial charge in [-0.3, -0.25) is 4.79 Å². The second-order valence-electron chi connectivity index (χ2n) is 4.30. The molecule has 98 valence electrons. The molecule has 5 heteroatoms. The second-order valence-corrected chi connectivity index (χ2v) is 5.52. The van der Waals surface area contributed by atoms with E-state index >= 15 is 0 Å². The fourth-order valence-corrected chi connectivity index (χ4v) is 3.00. The zero-order valence-corrected chi connectivity index (χ0v) is 10.9. The number of rotatable bonds is 4. The number of amides is 1. The minimum Gasteiger partial charge on any atom is -0.322 e. The highest BCUT2D eigenvalue weighted by Crippen LogP contribution is 2.16. The Kier molecular flexibility index (Phi) is 5.01. The van der Waals surface area contributed by atoms with Gasteiger partial charge in [0.2, 0.25) is 5.91 Å². The number of hydrogen-bond acceptors (Lipinski definition) is 3. The molecule has 1 fully saturated rings. The van der Waals surface area contributed by atoms with E-state index in [9.17, 15) is 9.18 Å². The van der Waals surface area contributed by atoms with Crippen molar-refractivity contribution in [3.63, 3.8) is 0 Å². The van der Waals surface area contributed by atoms with Gasteiger partial charge in [0.25, 0.3) is 0 Å². The molecule has 0 aromatic heterocycles. The monoisotopic (exact) mass is 268 g/mol. The van der Waals surface area contributed by atoms with Crippen molar-refractivity contribution in [2.45, 2.75) is 18.9 Å². The Morgan fingerprint density at radius 3 is 2.78 bits per heavy atom. The Bertz CT molecular complexity index is 408. The molecule has 1 heterocycles. The number of benzene rings is 1. The molecule has 18 heavy (non-hydrogen) atoms. The quantitative estimate of drug-likeness (QED) is 0.880. The maximum Gasteiger partial charge on any atom is 0.238 e. The van der Waals surface area contributed by atoms with Crippen LogP contribution in [0.1, 0.15) is 12.8 Å². The van der Waals surface area contributed by atoms with Crippen LogP contribution in [-0.2, 0) is 4.79 Å². The normalized spacial score (nSPS) is 16.5. The molecule has 1 aromatic carbocycles. The molecule has 0 unspecified atom stereocenters. The molecule has 3 nitrogen and oxygen atoms in total. The summed E-state index contributed by atoms with van der Waals surface area (Å²) >= 11 is 1.95. The molecule has 0 saturated carbocycles. The highest BCUT2D eigenvalue weighted by Gasteiger charge is 2.14. The predicted octanol–water partition coefficient (Wildman–Crippen LogP) is 2.25. The van der Waals surface area contributed by atoms with Crippen LogP contribution in [0.2, 0.25) is 0 Å². The summed E-state index contributed by atoms with van der Waals surface area (Å²) in [5.74, 6) is 1.69. The summed E-state index contributed by atoms with van der Waals surface area (Å²) in [7, 11) is 0. The topological polar surface area (TPSA) is 41.1 Å². The molecule has 0 bridgehead atoms. The number of para-hydroxylation sites is 1. The van der Waals surface area contributed by atoms with Crippen LogP contribution in [0, 0.1) is 5.82 Å². The number of carbonyl (C=O) groups is 1. The van der Waals surface area contributed by atoms with Crippen LogP contribution in [0.15, 0.2) is 24.3 Å². The first kappa shape index (κ1) is 13.4. The molecular formula is C13H17FN2OS. The average molecular weight is 268 g/mol. The Morgan fingerprint density at radius 2 is 2.06 bits per heavy atom. The number of anilines is 1. The van der Waals surface area contributed by atoms with E-state index < -0.39 is 5.82 Å². The van der Waals surface area contributed by atoms with Crippen molar-refractivity contribution in [3.8, 4) is 0 Å². The third kappa shape index (κ3) is 3.99. The minimum absolute atomic E-state index is 0.196. The molecule has 2 rings (SSSR count). The van der Waals surface area contributed by atoms with Crippen molar-refractivity contribution in [2.75, 3.05) is 23.4 Å². The predicted molar refractivity (Wildman–Crippen MR) is 73.4 cm³/mol. The standard InChI is InChI=1S/C13H17FN2OS/c14-11-3-1-2-4-12(11)16-13(17)9-15-10-5-7-18-8-6-10/h1-4,10,15H,5-9H2,(H,16,17). The van der Waals surface area contributed by atoms with Crippen LogP contribution in [0.3, 0.4) is 0 Å². The van der Waals surface area contributed by atoms with Crippen LogP contribution < -0.4 is 10.6 Å². The van der Waals surface area contributed by atoms with Gasteiger partial charge >= 0.3 is 0 Å². The molecule has 1 aliphatic rings. The molecular weight excluding hydrogens is 251 g/mol. The van der Waals surface area contributed by atoms with E-state index in [1.807, 2.05) is 11.8 Å². The number of halogens is 1. The fourth-order valence-electron chi connectivity index (χ4n) is 1.90. The van der Waals surface area contributed by atoms with Crippen molar-refractivity contribution < 1.29 is 9.18 Å². The van der Waals surface area contributed by atoms with Gasteiger partial charge in [-0.15, -0.1) is 0 Å². The van der Waals surface area contributed by atoms with E-state index in [1.54, 1.807) is 18.2 Å². The van der Waals surface area contributed by atoms with E-state index in [0.29, 0.717) is 6.04 Å². The van der Waals surface area contributed by atoms with Gasteiger partial charge in [0.15, 0.2) is 0 Å². The molecule has 0 spiro atoms. The molecule has 0 atom stereocenters. The first-order valence-corrected chi connectivity index (χ1v) is 7.26. The van der Waals surface area contributed by atoms with E-state index in [1.165, 1.54) is 6.07 Å². The Hall–Kier alpha value is -1.07. The lowest BCUT2D eigenvalue weighted by atomic mass is 10.1. The Morgan fingerprint density at radius 1 is 1.33 bits per heavy atom. The van der Waals surface area contributed by atoms with E-state index in [0.717, 1.165) is 24.3 Å². The minimum atomic E-state index is -0.403. The first-order valence-electron chi connectivity index (χ1n) is 6.11. The third-order valence-corrected chi connectivity index (χ3v) is 3.97. The summed E-state index contributed by atoms with van der Waals surface area (Å²) in [6, 6.07) is 6.61. The Labute approximate surface area is 111 Å². The van der Waals surface area contributed by atoms with Gasteiger partial charge in [-0.1, -0.05) is 12.1 Å². The van der Waals surface area contributed by atoms with Crippen LogP contribution in [0.25, 0.3) is 0 Å². The van der Waals surface area contributed by atoms with Gasteiger partial charge in [0.1, 0.15) is 5.82 Å². The van der Waals surface area contributed by atoms with Crippen LogP contribution in [0.5, 0.6) is 0 Å². The number of hydrogen-bond donors (Lipinski definition) is 2. The van der Waals surface area contributed by atoms with Gasteiger partial charge in [-0.25, -0.2) is 4.39 Å². The summed E-state index contributed by atoms with van der Waals surface area (Å²) in [4.78, 5) is 11.7. The van der Waals surface area contributed by atoms with Gasteiger partial charge in [-0.2, -0.15) is 11.8 Å². The Balaban J connectivity index is 1.76. The largest absolute Gasteiger partial charge is 0.322 e. The van der Waals surface area contributed by atoms with Crippen LogP contribution in [0.4, 0.5) is 10.1 Å². The van der Waals surface area contributed by atoms with Crippen molar-refractivity contribution in [2.24, 2.45) is 0 Å². The maximum atomic E-state index is 13.3. The molecule has 1 saturated heterocycles. The van der Waals surface area contributed by atoms with Gasteiger partial charge in [-0.05, 0) is 36.5 Å². The molecule has 1 aliphatic heterocycles. The highest BCUT2D eigenvalue weighted by atomic mass is 32.2. The first-order chi connectivity index (χ1) is 8.75. The number of thioether (sulfide) groups is 1. The van der Waals surface area contributed by atoms with Crippen molar-refractivity contribution in [1.29, 1.82) is 0 Å². The molecule has 1 aromatic rings. The van der Waals surface area contributed by atoms with Gasteiger partial charge in [0, 0.05) is 6.04 Å². The van der Waals surface area contributed by atoms with Crippen molar-refractivity contribution in [3.05, 3.63) is 30.1 Å². The lowest BCUT2D eigenvalue weighted by molar-refractivity contribution is -0.115. The number of carbonyl (C=O) groups excluding carboxylic acids is 1. The summed E-state index contributed by atoms with van der Waals surface area (Å²) in [6.45, 7) is 0.240. The van der Waals surface area contributed by atoms with Gasteiger partial charge < -0.3 is 10.6 Å². The lowest BCUT2D eigenvalue weighted by Crippen LogP contribution is -2.38. The van der Waals surface area contributed by atoms with Crippen LogP contribution >= 0.6 is 11.8 Å². The summed E-state index contributed by atoms with van der Waals surface area (Å²) in [5.41, 5.74) is 0.239. The lowest BCUT2D eigenvalue weighted by Gasteiger charge is -2.22. The smallest absolute Gasteiger partial charge is 0.238 e. The van der Waals surface area contributed by atoms with Crippen molar-refractivity contribution in [1.82, 2.24) is 5.32 Å². The highest BCUT2D eigenvalue weighted by molar-refractivity contribution is 7.99. The molecule has 1 amide bonds. The second kappa shape index (κ2) is 6.75. The van der Waals surface area contributed by atoms with Gasteiger partial charge in [0.05, 0.1) is 12.2 Å². The summed E-state index contributed by atoms with van der Waals surface area (Å²) in [6.07, 6.45) is 2.19. The van der Waals surface area contributed by atoms with E-state index in [-0.39, 0.29) is 18.1 Å². The third-order valence-electron chi connectivity index (χ3n) is 2.92. The summed E-state index contributed by atoms with van der Waals surface area (Å²) < 4.78 is 13.3.